The number of aromatic nitrogens is 3. The molecule has 0 aliphatic heterocycles. The molecule has 0 bridgehead atoms. The highest BCUT2D eigenvalue weighted by Crippen LogP contribution is 2.31. The van der Waals surface area contributed by atoms with Crippen molar-refractivity contribution in [3.05, 3.63) is 52.4 Å². The van der Waals surface area contributed by atoms with Crippen molar-refractivity contribution in [1.82, 2.24) is 15.0 Å². The summed E-state index contributed by atoms with van der Waals surface area (Å²) in [5.41, 5.74) is -0.926. The lowest BCUT2D eigenvalue weighted by molar-refractivity contribution is -0.137. The number of nitrogens with one attached hydrogen (secondary N) is 1. The van der Waals surface area contributed by atoms with Crippen LogP contribution in [0.3, 0.4) is 0 Å². The second-order valence-corrected chi connectivity index (χ2v) is 6.24. The molecule has 3 rings (SSSR count). The quantitative estimate of drug-likeness (QED) is 0.721. The maximum absolute atomic E-state index is 12.8. The Hall–Kier alpha value is -2.35. The average Bonchev–Trinajstić information content (AvgIpc) is 2.54. The lowest BCUT2D eigenvalue weighted by Gasteiger charge is -2.09. The number of rotatable bonds is 3. The van der Waals surface area contributed by atoms with Crippen LogP contribution in [-0.2, 0) is 6.18 Å². The fourth-order valence-electron chi connectivity index (χ4n) is 2.25. The maximum atomic E-state index is 12.8. The number of H-pyrrole nitrogens is 1. The minimum absolute atomic E-state index is 0.0157. The van der Waals surface area contributed by atoms with Gasteiger partial charge in [-0.3, -0.25) is 4.79 Å². The highest BCUT2D eigenvalue weighted by atomic mass is 32.2. The van der Waals surface area contributed by atoms with Crippen molar-refractivity contribution in [3.8, 4) is 11.4 Å². The summed E-state index contributed by atoms with van der Waals surface area (Å²) in [6.45, 7) is 2.00. The van der Waals surface area contributed by atoms with E-state index in [0.717, 1.165) is 16.7 Å². The second-order valence-electron chi connectivity index (χ2n) is 4.94. The van der Waals surface area contributed by atoms with Gasteiger partial charge in [0.25, 0.3) is 5.56 Å². The van der Waals surface area contributed by atoms with Crippen LogP contribution in [0.1, 0.15) is 12.5 Å². The minimum atomic E-state index is -4.56. The van der Waals surface area contributed by atoms with Crippen LogP contribution >= 0.6 is 11.8 Å². The van der Waals surface area contributed by atoms with Crippen LogP contribution in [0.25, 0.3) is 22.4 Å². The van der Waals surface area contributed by atoms with Crippen molar-refractivity contribution in [2.24, 2.45) is 0 Å². The van der Waals surface area contributed by atoms with E-state index < -0.39 is 17.3 Å². The minimum Gasteiger partial charge on any atom is -0.306 e. The highest BCUT2D eigenvalue weighted by Gasteiger charge is 2.31. The zero-order chi connectivity index (χ0) is 17.3. The average molecular weight is 351 g/mol. The molecule has 0 radical (unpaired) electrons. The van der Waals surface area contributed by atoms with Crippen molar-refractivity contribution in [2.45, 2.75) is 18.0 Å². The highest BCUT2D eigenvalue weighted by molar-refractivity contribution is 7.99. The fourth-order valence-corrected chi connectivity index (χ4v) is 3.05. The largest absolute Gasteiger partial charge is 0.417 e. The number of alkyl halides is 3. The van der Waals surface area contributed by atoms with Crippen molar-refractivity contribution in [1.29, 1.82) is 0 Å². The summed E-state index contributed by atoms with van der Waals surface area (Å²) in [7, 11) is 0. The van der Waals surface area contributed by atoms with Gasteiger partial charge in [0.05, 0.1) is 10.9 Å². The molecule has 2 heterocycles. The topological polar surface area (TPSA) is 58.6 Å². The second kappa shape index (κ2) is 6.27. The Morgan fingerprint density at radius 2 is 2.00 bits per heavy atom. The molecule has 0 aliphatic carbocycles. The molecule has 0 saturated carbocycles. The third-order valence-electron chi connectivity index (χ3n) is 3.33. The molecule has 24 heavy (non-hydrogen) atoms. The van der Waals surface area contributed by atoms with E-state index >= 15 is 0 Å². The molecule has 4 nitrogen and oxygen atoms in total. The number of pyridine rings is 1. The third kappa shape index (κ3) is 3.14. The van der Waals surface area contributed by atoms with Gasteiger partial charge in [0.15, 0.2) is 5.65 Å². The SMILES string of the molecule is CCSc1ccccc1-c1nc2ncc(C(F)(F)F)cc2c(=O)[nH]1. The first-order valence-corrected chi connectivity index (χ1v) is 8.08. The van der Waals surface area contributed by atoms with Crippen LogP contribution in [0.5, 0.6) is 0 Å². The molecule has 0 spiro atoms. The molecule has 2 aromatic heterocycles. The summed E-state index contributed by atoms with van der Waals surface area (Å²) in [6.07, 6.45) is -3.87. The molecule has 0 aliphatic rings. The number of nitrogens with zero attached hydrogens (tertiary/aromatic N) is 2. The number of fused-ring (bicyclic) bond motifs is 1. The van der Waals surface area contributed by atoms with E-state index in [2.05, 4.69) is 15.0 Å². The Morgan fingerprint density at radius 1 is 1.25 bits per heavy atom. The molecule has 0 fully saturated rings. The first-order valence-electron chi connectivity index (χ1n) is 7.09. The summed E-state index contributed by atoms with van der Waals surface area (Å²) in [5.74, 6) is 1.12. The normalized spacial score (nSPS) is 11.8. The van der Waals surface area contributed by atoms with Crippen LogP contribution in [0, 0.1) is 0 Å². The van der Waals surface area contributed by atoms with Gasteiger partial charge in [-0.15, -0.1) is 11.8 Å². The van der Waals surface area contributed by atoms with Crippen molar-refractivity contribution >= 4 is 22.8 Å². The lowest BCUT2D eigenvalue weighted by Crippen LogP contribution is -2.13. The molecular formula is C16H12F3N3OS. The zero-order valence-electron chi connectivity index (χ0n) is 12.5. The first kappa shape index (κ1) is 16.5. The molecule has 1 aromatic carbocycles. The summed E-state index contributed by atoms with van der Waals surface area (Å²) in [6, 6.07) is 8.14. The van der Waals surface area contributed by atoms with E-state index in [0.29, 0.717) is 11.8 Å². The molecule has 0 unspecified atom stereocenters. The number of thioether (sulfide) groups is 1. The molecule has 8 heteroatoms. The number of hydrogen-bond acceptors (Lipinski definition) is 4. The molecule has 124 valence electrons. The van der Waals surface area contributed by atoms with E-state index in [4.69, 9.17) is 0 Å². The van der Waals surface area contributed by atoms with Crippen LogP contribution in [-0.4, -0.2) is 20.7 Å². The molecule has 0 saturated heterocycles. The van der Waals surface area contributed by atoms with E-state index in [-0.39, 0.29) is 16.9 Å². The third-order valence-corrected chi connectivity index (χ3v) is 4.29. The Labute approximate surface area is 139 Å². The summed E-state index contributed by atoms with van der Waals surface area (Å²) < 4.78 is 38.3. The molecular weight excluding hydrogens is 339 g/mol. The van der Waals surface area contributed by atoms with Gasteiger partial charge in [-0.25, -0.2) is 9.97 Å². The monoisotopic (exact) mass is 351 g/mol. The van der Waals surface area contributed by atoms with E-state index in [1.54, 1.807) is 23.9 Å². The van der Waals surface area contributed by atoms with E-state index in [9.17, 15) is 18.0 Å². The Bertz CT molecular complexity index is 953. The molecule has 0 amide bonds. The molecule has 0 atom stereocenters. The van der Waals surface area contributed by atoms with Crippen molar-refractivity contribution in [3.63, 3.8) is 0 Å². The number of aromatic amines is 1. The zero-order valence-corrected chi connectivity index (χ0v) is 13.3. The fraction of sp³-hybridized carbons (Fsp3) is 0.188. The lowest BCUT2D eigenvalue weighted by atomic mass is 10.2. The van der Waals surface area contributed by atoms with Crippen LogP contribution in [0.2, 0.25) is 0 Å². The Balaban J connectivity index is 2.18. The van der Waals surface area contributed by atoms with Gasteiger partial charge in [0.1, 0.15) is 5.82 Å². The Kier molecular flexibility index (Phi) is 4.31. The van der Waals surface area contributed by atoms with Crippen molar-refractivity contribution in [2.75, 3.05) is 5.75 Å². The maximum Gasteiger partial charge on any atom is 0.417 e. The number of hydrogen-bond donors (Lipinski definition) is 1. The first-order chi connectivity index (χ1) is 11.4. The molecule has 1 N–H and O–H groups in total. The summed E-state index contributed by atoms with van der Waals surface area (Å²) in [5, 5.41) is -0.186. The van der Waals surface area contributed by atoms with Gasteiger partial charge in [0.2, 0.25) is 0 Å². The Morgan fingerprint density at radius 3 is 2.71 bits per heavy atom. The van der Waals surface area contributed by atoms with Gasteiger partial charge < -0.3 is 4.98 Å². The summed E-state index contributed by atoms with van der Waals surface area (Å²) >= 11 is 1.58. The van der Waals surface area contributed by atoms with Crippen LogP contribution in [0.4, 0.5) is 13.2 Å². The van der Waals surface area contributed by atoms with Gasteiger partial charge in [0, 0.05) is 16.7 Å². The van der Waals surface area contributed by atoms with Crippen molar-refractivity contribution < 1.29 is 13.2 Å². The summed E-state index contributed by atoms with van der Waals surface area (Å²) in [4.78, 5) is 23.6. The van der Waals surface area contributed by atoms with Crippen LogP contribution < -0.4 is 5.56 Å². The standard InChI is InChI=1S/C16H12F3N3OS/c1-2-24-12-6-4-3-5-10(12)14-21-13-11(15(23)22-14)7-9(8-20-13)16(17,18)19/h3-8H,2H2,1H3,(H,20,21,22,23). The van der Waals surface area contributed by atoms with E-state index in [1.165, 1.54) is 0 Å². The van der Waals surface area contributed by atoms with E-state index in [1.807, 2.05) is 19.1 Å². The predicted molar refractivity (Wildman–Crippen MR) is 87.0 cm³/mol. The smallest absolute Gasteiger partial charge is 0.306 e. The van der Waals surface area contributed by atoms with Gasteiger partial charge in [-0.05, 0) is 17.9 Å². The molecule has 3 aromatic rings. The number of halogens is 3. The van der Waals surface area contributed by atoms with Gasteiger partial charge in [-0.1, -0.05) is 25.1 Å². The van der Waals surface area contributed by atoms with Gasteiger partial charge in [-0.2, -0.15) is 13.2 Å². The van der Waals surface area contributed by atoms with Gasteiger partial charge >= 0.3 is 6.18 Å². The number of benzene rings is 1. The predicted octanol–water partition coefficient (Wildman–Crippen LogP) is 4.12. The van der Waals surface area contributed by atoms with Crippen LogP contribution in [0.15, 0.2) is 46.2 Å².